The van der Waals surface area contributed by atoms with Gasteiger partial charge in [-0.05, 0) is 24.6 Å². The second kappa shape index (κ2) is 10.4. The molecule has 0 aliphatic heterocycles. The topological polar surface area (TPSA) is 79.2 Å². The van der Waals surface area contributed by atoms with Crippen molar-refractivity contribution in [3.05, 3.63) is 28.8 Å². The van der Waals surface area contributed by atoms with Gasteiger partial charge in [-0.25, -0.2) is 4.79 Å². The van der Waals surface area contributed by atoms with Crippen molar-refractivity contribution in [3.8, 4) is 5.75 Å². The average Bonchev–Trinajstić information content (AvgIpc) is 2.47. The van der Waals surface area contributed by atoms with E-state index < -0.39 is 5.97 Å². The summed E-state index contributed by atoms with van der Waals surface area (Å²) in [5.41, 5.74) is 1.01. The van der Waals surface area contributed by atoms with Gasteiger partial charge in [0, 0.05) is 19.6 Å². The van der Waals surface area contributed by atoms with Crippen molar-refractivity contribution in [3.63, 3.8) is 0 Å². The van der Waals surface area contributed by atoms with Crippen molar-refractivity contribution < 1.29 is 24.5 Å². The summed E-state index contributed by atoms with van der Waals surface area (Å²) in [4.78, 5) is 13.4. The maximum Gasteiger partial charge on any atom is 0.344 e. The van der Waals surface area contributed by atoms with Gasteiger partial charge in [0.05, 0.1) is 18.2 Å². The molecule has 0 aromatic heterocycles. The monoisotopic (exact) mass is 331 g/mol. The predicted octanol–water partition coefficient (Wildman–Crippen LogP) is 0.857. The minimum atomic E-state index is -0.496. The molecule has 0 spiro atoms. The molecule has 0 bridgehead atoms. The molecule has 1 aromatic rings. The average molecular weight is 332 g/mol. The first-order chi connectivity index (χ1) is 10.6. The molecule has 0 fully saturated rings. The maximum absolute atomic E-state index is 11.6. The molecular weight excluding hydrogens is 310 g/mol. The van der Waals surface area contributed by atoms with E-state index in [0.29, 0.717) is 30.4 Å². The number of carbonyl (C=O) groups excluding carboxylic acids is 1. The SMILES string of the molecule is Cc1ccc(OCC(=O)OCCN(CCO)CCO)c(Cl)c1. The van der Waals surface area contributed by atoms with E-state index in [9.17, 15) is 4.79 Å². The highest BCUT2D eigenvalue weighted by Crippen LogP contribution is 2.24. The van der Waals surface area contributed by atoms with Crippen LogP contribution in [0, 0.1) is 6.92 Å². The minimum absolute atomic E-state index is 0.0109. The van der Waals surface area contributed by atoms with Crippen LogP contribution >= 0.6 is 11.6 Å². The molecule has 0 aliphatic carbocycles. The number of rotatable bonds is 10. The van der Waals surface area contributed by atoms with Crippen LogP contribution in [0.2, 0.25) is 5.02 Å². The molecule has 22 heavy (non-hydrogen) atoms. The van der Waals surface area contributed by atoms with Crippen LogP contribution in [0.15, 0.2) is 18.2 Å². The Morgan fingerprint density at radius 1 is 1.23 bits per heavy atom. The van der Waals surface area contributed by atoms with Gasteiger partial charge in [0.15, 0.2) is 6.61 Å². The fraction of sp³-hybridized carbons (Fsp3) is 0.533. The fourth-order valence-corrected chi connectivity index (χ4v) is 2.10. The van der Waals surface area contributed by atoms with Gasteiger partial charge < -0.3 is 19.7 Å². The van der Waals surface area contributed by atoms with Crippen molar-refractivity contribution in [1.82, 2.24) is 4.90 Å². The summed E-state index contributed by atoms with van der Waals surface area (Å²) in [5, 5.41) is 18.2. The fourth-order valence-electron chi connectivity index (χ4n) is 1.81. The Bertz CT molecular complexity index is 463. The standard InChI is InChI=1S/C15H22ClNO5/c1-12-2-3-14(13(16)10-12)22-11-15(20)21-9-6-17(4-7-18)5-8-19/h2-3,10,18-19H,4-9,11H2,1H3. The van der Waals surface area contributed by atoms with Gasteiger partial charge in [-0.3, -0.25) is 4.90 Å². The van der Waals surface area contributed by atoms with E-state index in [1.807, 2.05) is 13.0 Å². The molecule has 1 aromatic carbocycles. The van der Waals surface area contributed by atoms with Gasteiger partial charge in [-0.2, -0.15) is 0 Å². The van der Waals surface area contributed by atoms with Crippen molar-refractivity contribution in [2.45, 2.75) is 6.92 Å². The summed E-state index contributed by atoms with van der Waals surface area (Å²) < 4.78 is 10.3. The van der Waals surface area contributed by atoms with Gasteiger partial charge in [0.2, 0.25) is 0 Å². The number of aliphatic hydroxyl groups is 2. The number of hydrogen-bond donors (Lipinski definition) is 2. The molecule has 0 atom stereocenters. The number of benzene rings is 1. The molecule has 0 unspecified atom stereocenters. The maximum atomic E-state index is 11.6. The molecule has 2 N–H and O–H groups in total. The molecular formula is C15H22ClNO5. The lowest BCUT2D eigenvalue weighted by atomic mass is 10.2. The van der Waals surface area contributed by atoms with Crippen molar-refractivity contribution in [1.29, 1.82) is 0 Å². The van der Waals surface area contributed by atoms with Crippen LogP contribution in [0.4, 0.5) is 0 Å². The number of aryl methyl sites for hydroxylation is 1. The van der Waals surface area contributed by atoms with Crippen LogP contribution in [0.1, 0.15) is 5.56 Å². The summed E-state index contributed by atoms with van der Waals surface area (Å²) in [6.45, 7) is 3.13. The van der Waals surface area contributed by atoms with Crippen LogP contribution in [0.5, 0.6) is 5.75 Å². The second-order valence-electron chi connectivity index (χ2n) is 4.73. The number of carbonyl (C=O) groups is 1. The Labute approximate surface area is 135 Å². The first-order valence-corrected chi connectivity index (χ1v) is 7.43. The van der Waals surface area contributed by atoms with E-state index in [4.69, 9.17) is 31.3 Å². The summed E-state index contributed by atoms with van der Waals surface area (Å²) in [5.74, 6) is -0.0593. The van der Waals surface area contributed by atoms with Crippen molar-refractivity contribution in [2.24, 2.45) is 0 Å². The Kier molecular flexibility index (Phi) is 8.84. The molecule has 0 saturated carbocycles. The smallest absolute Gasteiger partial charge is 0.344 e. The summed E-state index contributed by atoms with van der Waals surface area (Å²) in [6.07, 6.45) is 0. The quantitative estimate of drug-likeness (QED) is 0.619. The van der Waals surface area contributed by atoms with Crippen LogP contribution in [-0.2, 0) is 9.53 Å². The van der Waals surface area contributed by atoms with Crippen LogP contribution in [0.3, 0.4) is 0 Å². The molecule has 0 saturated heterocycles. The third-order valence-corrected chi connectivity index (χ3v) is 3.23. The van der Waals surface area contributed by atoms with Gasteiger partial charge >= 0.3 is 5.97 Å². The van der Waals surface area contributed by atoms with Gasteiger partial charge in [0.25, 0.3) is 0 Å². The van der Waals surface area contributed by atoms with E-state index in [1.54, 1.807) is 17.0 Å². The van der Waals surface area contributed by atoms with E-state index in [2.05, 4.69) is 0 Å². The zero-order chi connectivity index (χ0) is 16.4. The number of hydrogen-bond acceptors (Lipinski definition) is 6. The lowest BCUT2D eigenvalue weighted by Crippen LogP contribution is -2.33. The largest absolute Gasteiger partial charge is 0.480 e. The van der Waals surface area contributed by atoms with E-state index >= 15 is 0 Å². The zero-order valence-corrected chi connectivity index (χ0v) is 13.4. The highest BCUT2D eigenvalue weighted by atomic mass is 35.5. The highest BCUT2D eigenvalue weighted by molar-refractivity contribution is 6.32. The van der Waals surface area contributed by atoms with E-state index in [0.717, 1.165) is 5.56 Å². The molecule has 0 radical (unpaired) electrons. The number of aliphatic hydroxyl groups excluding tert-OH is 2. The predicted molar refractivity (Wildman–Crippen MR) is 83.3 cm³/mol. The lowest BCUT2D eigenvalue weighted by molar-refractivity contribution is -0.146. The summed E-state index contributed by atoms with van der Waals surface area (Å²) >= 11 is 6.00. The summed E-state index contributed by atoms with van der Waals surface area (Å²) in [7, 11) is 0. The highest BCUT2D eigenvalue weighted by Gasteiger charge is 2.09. The third kappa shape index (κ3) is 7.09. The number of nitrogens with zero attached hydrogens (tertiary/aromatic N) is 1. The third-order valence-electron chi connectivity index (χ3n) is 2.94. The Balaban J connectivity index is 2.28. The van der Waals surface area contributed by atoms with Gasteiger partial charge in [-0.1, -0.05) is 17.7 Å². The van der Waals surface area contributed by atoms with Gasteiger partial charge in [-0.15, -0.1) is 0 Å². The molecule has 124 valence electrons. The summed E-state index contributed by atoms with van der Waals surface area (Å²) in [6, 6.07) is 5.30. The number of esters is 1. The van der Waals surface area contributed by atoms with Crippen LogP contribution in [-0.4, -0.2) is 67.1 Å². The van der Waals surface area contributed by atoms with Crippen molar-refractivity contribution in [2.75, 3.05) is 46.1 Å². The van der Waals surface area contributed by atoms with Gasteiger partial charge in [0.1, 0.15) is 12.4 Å². The molecule has 7 heteroatoms. The van der Waals surface area contributed by atoms with E-state index in [-0.39, 0.29) is 26.4 Å². The second-order valence-corrected chi connectivity index (χ2v) is 5.14. The van der Waals surface area contributed by atoms with Crippen LogP contribution < -0.4 is 4.74 Å². The van der Waals surface area contributed by atoms with Crippen molar-refractivity contribution >= 4 is 17.6 Å². The molecule has 0 amide bonds. The molecule has 0 aliphatic rings. The molecule has 6 nitrogen and oxygen atoms in total. The Morgan fingerprint density at radius 2 is 1.91 bits per heavy atom. The number of halogens is 1. The first kappa shape index (κ1) is 18.7. The first-order valence-electron chi connectivity index (χ1n) is 7.05. The Hall–Kier alpha value is -1.34. The molecule has 0 heterocycles. The number of ether oxygens (including phenoxy) is 2. The lowest BCUT2D eigenvalue weighted by Gasteiger charge is -2.19. The van der Waals surface area contributed by atoms with Crippen LogP contribution in [0.25, 0.3) is 0 Å². The minimum Gasteiger partial charge on any atom is -0.480 e. The van der Waals surface area contributed by atoms with E-state index in [1.165, 1.54) is 0 Å². The Morgan fingerprint density at radius 3 is 2.50 bits per heavy atom. The zero-order valence-electron chi connectivity index (χ0n) is 12.6. The molecule has 1 rings (SSSR count). The normalized spacial score (nSPS) is 10.8.